The fraction of sp³-hybridized carbons (Fsp3) is 0.310. The van der Waals surface area contributed by atoms with Crippen LogP contribution in [-0.4, -0.2) is 61.2 Å². The number of H-pyrrole nitrogens is 1. The minimum absolute atomic E-state index is 0.164. The predicted octanol–water partition coefficient (Wildman–Crippen LogP) is 4.22. The Kier molecular flexibility index (Phi) is 8.92. The van der Waals surface area contributed by atoms with Crippen LogP contribution in [0.3, 0.4) is 0 Å². The average molecular weight is 598 g/mol. The predicted molar refractivity (Wildman–Crippen MR) is 157 cm³/mol. The van der Waals surface area contributed by atoms with E-state index in [1.807, 2.05) is 0 Å². The largest absolute Gasteiger partial charge is 0.358 e. The van der Waals surface area contributed by atoms with Crippen molar-refractivity contribution in [1.82, 2.24) is 15.2 Å². The highest BCUT2D eigenvalue weighted by molar-refractivity contribution is 7.90. The molecule has 42 heavy (non-hydrogen) atoms. The number of amides is 2. The van der Waals surface area contributed by atoms with Crippen LogP contribution in [0, 0.1) is 29.8 Å². The van der Waals surface area contributed by atoms with E-state index < -0.39 is 43.5 Å². The minimum atomic E-state index is -4.24. The minimum Gasteiger partial charge on any atom is -0.358 e. The number of hydrogen-bond donors (Lipinski definition) is 3. The SMILES string of the molecule is CCN(CC)CCNC(=O)c1c(C)[nH]c(/C=C2\C(=O)Nc3ccc(S(=O)(=O)Cc4c(F)cccc4[N+](=O)[O-])cc32)c1C. The summed E-state index contributed by atoms with van der Waals surface area (Å²) in [4.78, 5) is 41.5. The molecule has 4 rings (SSSR count). The number of fused-ring (bicyclic) bond motifs is 1. The number of carbonyl (C=O) groups excluding carboxylic acids is 2. The molecule has 0 radical (unpaired) electrons. The van der Waals surface area contributed by atoms with E-state index >= 15 is 0 Å². The van der Waals surface area contributed by atoms with Gasteiger partial charge in [-0.2, -0.15) is 0 Å². The van der Waals surface area contributed by atoms with Crippen molar-refractivity contribution in [3.8, 4) is 0 Å². The Morgan fingerprint density at radius 2 is 1.88 bits per heavy atom. The second kappa shape index (κ2) is 12.2. The summed E-state index contributed by atoms with van der Waals surface area (Å²) in [6.45, 7) is 10.6. The van der Waals surface area contributed by atoms with Gasteiger partial charge >= 0.3 is 0 Å². The Hall–Kier alpha value is -4.36. The summed E-state index contributed by atoms with van der Waals surface area (Å²) in [5.74, 6) is -2.65. The van der Waals surface area contributed by atoms with E-state index in [2.05, 4.69) is 34.4 Å². The maximum Gasteiger partial charge on any atom is 0.276 e. The Labute approximate surface area is 242 Å². The van der Waals surface area contributed by atoms with Gasteiger partial charge in [0, 0.05) is 41.8 Å². The van der Waals surface area contributed by atoms with E-state index in [4.69, 9.17) is 0 Å². The van der Waals surface area contributed by atoms with Gasteiger partial charge in [-0.05, 0) is 62.8 Å². The fourth-order valence-electron chi connectivity index (χ4n) is 5.00. The summed E-state index contributed by atoms with van der Waals surface area (Å²) in [5.41, 5.74) is 1.85. The van der Waals surface area contributed by atoms with Gasteiger partial charge in [-0.3, -0.25) is 19.7 Å². The number of nitro benzene ring substituents is 1. The van der Waals surface area contributed by atoms with Gasteiger partial charge in [0.15, 0.2) is 9.84 Å². The Balaban J connectivity index is 1.64. The first kappa shape index (κ1) is 30.6. The zero-order chi connectivity index (χ0) is 30.8. The molecule has 0 saturated carbocycles. The molecule has 3 N–H and O–H groups in total. The van der Waals surface area contributed by atoms with E-state index in [1.165, 1.54) is 18.2 Å². The number of nitro groups is 1. The molecule has 3 aromatic rings. The highest BCUT2D eigenvalue weighted by Crippen LogP contribution is 2.36. The summed E-state index contributed by atoms with van der Waals surface area (Å²) in [7, 11) is -4.24. The normalized spacial score (nSPS) is 13.9. The smallest absolute Gasteiger partial charge is 0.276 e. The molecule has 2 amide bonds. The first-order valence-electron chi connectivity index (χ1n) is 13.4. The fourth-order valence-corrected chi connectivity index (χ4v) is 6.40. The lowest BCUT2D eigenvalue weighted by Crippen LogP contribution is -2.35. The topological polar surface area (TPSA) is 155 Å². The lowest BCUT2D eigenvalue weighted by atomic mass is 10.0. The van der Waals surface area contributed by atoms with Gasteiger partial charge in [0.05, 0.1) is 32.3 Å². The van der Waals surface area contributed by atoms with Crippen LogP contribution in [0.5, 0.6) is 0 Å². The van der Waals surface area contributed by atoms with Gasteiger partial charge in [-0.25, -0.2) is 12.8 Å². The van der Waals surface area contributed by atoms with Crippen molar-refractivity contribution in [3.63, 3.8) is 0 Å². The number of likely N-dealkylation sites (N-methyl/N-ethyl adjacent to an activating group) is 1. The van der Waals surface area contributed by atoms with E-state index in [9.17, 15) is 32.5 Å². The van der Waals surface area contributed by atoms with Gasteiger partial charge in [0.1, 0.15) is 5.82 Å². The molecule has 2 aromatic carbocycles. The molecular weight excluding hydrogens is 565 g/mol. The summed E-state index contributed by atoms with van der Waals surface area (Å²) >= 11 is 0. The van der Waals surface area contributed by atoms with Gasteiger partial charge < -0.3 is 20.5 Å². The number of aromatic amines is 1. The highest BCUT2D eigenvalue weighted by Gasteiger charge is 2.30. The molecule has 1 aliphatic heterocycles. The van der Waals surface area contributed by atoms with Crippen LogP contribution in [-0.2, 0) is 20.4 Å². The number of sulfone groups is 1. The number of nitrogens with one attached hydrogen (secondary N) is 3. The van der Waals surface area contributed by atoms with Crippen molar-refractivity contribution in [3.05, 3.63) is 86.0 Å². The third-order valence-corrected chi connectivity index (χ3v) is 9.00. The molecule has 2 heterocycles. The molecule has 13 heteroatoms. The van der Waals surface area contributed by atoms with Crippen molar-refractivity contribution in [2.45, 2.75) is 38.3 Å². The number of aryl methyl sites for hydroxylation is 1. The van der Waals surface area contributed by atoms with Crippen molar-refractivity contribution < 1.29 is 27.3 Å². The van der Waals surface area contributed by atoms with Crippen LogP contribution in [0.25, 0.3) is 11.6 Å². The van der Waals surface area contributed by atoms with Crippen LogP contribution in [0.15, 0.2) is 41.3 Å². The zero-order valence-corrected chi connectivity index (χ0v) is 24.5. The molecular formula is C29H32FN5O6S. The van der Waals surface area contributed by atoms with Crippen molar-refractivity contribution in [2.75, 3.05) is 31.5 Å². The standard InChI is InChI=1S/C29H32FN5O6S/c1-5-34(6-2)13-12-31-29(37)27-17(3)25(32-18(27)4)15-21-20-14-19(10-11-24(20)33-28(21)36)42(40,41)16-22-23(30)8-7-9-26(22)35(38)39/h7-11,14-15,32H,5-6,12-13,16H2,1-4H3,(H,31,37)(H,33,36)/b21-15-. The Bertz CT molecular complexity index is 1710. The van der Waals surface area contributed by atoms with Gasteiger partial charge in [-0.15, -0.1) is 0 Å². The number of benzene rings is 2. The monoisotopic (exact) mass is 597 g/mol. The summed E-state index contributed by atoms with van der Waals surface area (Å²) < 4.78 is 40.9. The zero-order valence-electron chi connectivity index (χ0n) is 23.7. The third kappa shape index (κ3) is 6.11. The number of rotatable bonds is 11. The molecule has 0 saturated heterocycles. The number of nitrogens with zero attached hydrogens (tertiary/aromatic N) is 2. The first-order valence-corrected chi connectivity index (χ1v) is 15.0. The average Bonchev–Trinajstić information content (AvgIpc) is 3.40. The van der Waals surface area contributed by atoms with Crippen LogP contribution in [0.4, 0.5) is 15.8 Å². The van der Waals surface area contributed by atoms with Crippen molar-refractivity contribution in [1.29, 1.82) is 0 Å². The number of carbonyl (C=O) groups is 2. The first-order chi connectivity index (χ1) is 19.9. The maximum atomic E-state index is 14.4. The quantitative estimate of drug-likeness (QED) is 0.170. The van der Waals surface area contributed by atoms with Crippen LogP contribution < -0.4 is 10.6 Å². The van der Waals surface area contributed by atoms with Gasteiger partial charge in [0.2, 0.25) is 0 Å². The van der Waals surface area contributed by atoms with Gasteiger partial charge in [0.25, 0.3) is 17.5 Å². The van der Waals surface area contributed by atoms with E-state index in [-0.39, 0.29) is 16.4 Å². The summed E-state index contributed by atoms with van der Waals surface area (Å²) in [6.07, 6.45) is 1.55. The van der Waals surface area contributed by atoms with Crippen LogP contribution >= 0.6 is 0 Å². The van der Waals surface area contributed by atoms with E-state index in [0.717, 1.165) is 31.3 Å². The molecule has 0 fully saturated rings. The molecule has 0 unspecified atom stereocenters. The number of hydrogen-bond acceptors (Lipinski definition) is 7. The second-order valence-corrected chi connectivity index (χ2v) is 11.9. The van der Waals surface area contributed by atoms with Crippen LogP contribution in [0.2, 0.25) is 0 Å². The number of anilines is 1. The van der Waals surface area contributed by atoms with Crippen molar-refractivity contribution >= 4 is 44.7 Å². The molecule has 1 aromatic heterocycles. The third-order valence-electron chi connectivity index (χ3n) is 7.36. The lowest BCUT2D eigenvalue weighted by molar-refractivity contribution is -0.385. The lowest BCUT2D eigenvalue weighted by Gasteiger charge is -2.18. The van der Waals surface area contributed by atoms with Crippen molar-refractivity contribution in [2.24, 2.45) is 0 Å². The number of aromatic nitrogens is 1. The molecule has 0 bridgehead atoms. The van der Waals surface area contributed by atoms with Gasteiger partial charge in [-0.1, -0.05) is 19.9 Å². The molecule has 222 valence electrons. The van der Waals surface area contributed by atoms with E-state index in [0.29, 0.717) is 46.9 Å². The Morgan fingerprint density at radius 1 is 1.17 bits per heavy atom. The highest BCUT2D eigenvalue weighted by atomic mass is 32.2. The van der Waals surface area contributed by atoms with E-state index in [1.54, 1.807) is 19.9 Å². The second-order valence-electron chi connectivity index (χ2n) is 9.92. The van der Waals surface area contributed by atoms with Crippen LogP contribution in [0.1, 0.15) is 52.3 Å². The molecule has 0 spiro atoms. The molecule has 0 atom stereocenters. The maximum absolute atomic E-state index is 14.4. The molecule has 11 nitrogen and oxygen atoms in total. The molecule has 0 aliphatic carbocycles. The summed E-state index contributed by atoms with van der Waals surface area (Å²) in [6, 6.07) is 7.10. The Morgan fingerprint density at radius 3 is 2.55 bits per heavy atom. The molecule has 1 aliphatic rings. The number of halogens is 1. The summed E-state index contributed by atoms with van der Waals surface area (Å²) in [5, 5.41) is 17.0.